The molecule has 1 atom stereocenters. The summed E-state index contributed by atoms with van der Waals surface area (Å²) >= 11 is 0. The maximum absolute atomic E-state index is 12.7. The number of ether oxygens (including phenoxy) is 1. The van der Waals surface area contributed by atoms with Crippen LogP contribution in [0.2, 0.25) is 0 Å². The van der Waals surface area contributed by atoms with Crippen molar-refractivity contribution in [2.24, 2.45) is 0 Å². The van der Waals surface area contributed by atoms with E-state index >= 15 is 0 Å². The summed E-state index contributed by atoms with van der Waals surface area (Å²) in [7, 11) is 1.60. The van der Waals surface area contributed by atoms with Crippen molar-refractivity contribution in [3.05, 3.63) is 69.6 Å². The molecule has 2 heterocycles. The van der Waals surface area contributed by atoms with Crippen LogP contribution < -0.4 is 10.7 Å². The van der Waals surface area contributed by atoms with Gasteiger partial charge in [-0.15, -0.1) is 0 Å². The summed E-state index contributed by atoms with van der Waals surface area (Å²) in [5.41, 5.74) is 4.22. The molecule has 27 heavy (non-hydrogen) atoms. The molecule has 2 aromatic heterocycles. The molecule has 2 N–H and O–H groups in total. The number of nitrogens with zero attached hydrogens (tertiary/aromatic N) is 2. The molecular formula is C21H23N3O3. The zero-order chi connectivity index (χ0) is 19.0. The number of aliphatic hydroxyl groups excluding tert-OH is 1. The Hall–Kier alpha value is -2.70. The van der Waals surface area contributed by atoms with Gasteiger partial charge in [0.15, 0.2) is 5.43 Å². The molecular weight excluding hydrogens is 342 g/mol. The molecule has 140 valence electrons. The summed E-state index contributed by atoms with van der Waals surface area (Å²) in [5.74, 6) is 0. The average molecular weight is 365 g/mol. The molecule has 0 fully saturated rings. The second kappa shape index (κ2) is 7.13. The molecule has 0 amide bonds. The van der Waals surface area contributed by atoms with Gasteiger partial charge in [-0.05, 0) is 37.0 Å². The average Bonchev–Trinajstić information content (AvgIpc) is 3.10. The van der Waals surface area contributed by atoms with Crippen molar-refractivity contribution in [2.75, 3.05) is 12.4 Å². The highest BCUT2D eigenvalue weighted by molar-refractivity contribution is 5.79. The van der Waals surface area contributed by atoms with Gasteiger partial charge in [0, 0.05) is 24.9 Å². The maximum Gasteiger partial charge on any atom is 0.196 e. The summed E-state index contributed by atoms with van der Waals surface area (Å²) in [6.07, 6.45) is 4.98. The number of aliphatic hydroxyl groups is 1. The lowest BCUT2D eigenvalue weighted by Gasteiger charge is -2.19. The largest absolute Gasteiger partial charge is 0.391 e. The Morgan fingerprint density at radius 2 is 2.04 bits per heavy atom. The van der Waals surface area contributed by atoms with E-state index in [2.05, 4.69) is 34.6 Å². The second-order valence-corrected chi connectivity index (χ2v) is 7.00. The minimum atomic E-state index is -0.319. The monoisotopic (exact) mass is 365 g/mol. The summed E-state index contributed by atoms with van der Waals surface area (Å²) in [6.45, 7) is 1.55. The second-order valence-electron chi connectivity index (χ2n) is 7.00. The molecule has 1 aliphatic rings. The Bertz CT molecular complexity index is 1020. The molecule has 1 aromatic carbocycles. The highest BCUT2D eigenvalue weighted by atomic mass is 16.5. The lowest BCUT2D eigenvalue weighted by Crippen LogP contribution is -2.21. The van der Waals surface area contributed by atoms with E-state index in [0.717, 1.165) is 18.5 Å². The van der Waals surface area contributed by atoms with Crippen molar-refractivity contribution in [3.8, 4) is 0 Å². The zero-order valence-corrected chi connectivity index (χ0v) is 15.5. The molecule has 0 aliphatic heterocycles. The van der Waals surface area contributed by atoms with Crippen LogP contribution in [0.1, 0.15) is 29.8 Å². The highest BCUT2D eigenvalue weighted by Gasteiger charge is 2.21. The maximum atomic E-state index is 12.7. The van der Waals surface area contributed by atoms with Crippen LogP contribution in [-0.4, -0.2) is 27.8 Å². The summed E-state index contributed by atoms with van der Waals surface area (Å²) in [5, 5.41) is 13.5. The van der Waals surface area contributed by atoms with Gasteiger partial charge in [-0.2, -0.15) is 0 Å². The van der Waals surface area contributed by atoms with Crippen LogP contribution >= 0.6 is 0 Å². The van der Waals surface area contributed by atoms with Crippen molar-refractivity contribution < 1.29 is 9.84 Å². The van der Waals surface area contributed by atoms with E-state index in [1.165, 1.54) is 11.1 Å². The SMILES string of the molecule is COC(C)n1cc(CO)c(=O)c2cc(NC3Cc4ccccc4C3)cnc21. The number of hydrogen-bond donors (Lipinski definition) is 2. The molecule has 6 nitrogen and oxygen atoms in total. The van der Waals surface area contributed by atoms with E-state index in [0.29, 0.717) is 16.6 Å². The van der Waals surface area contributed by atoms with Gasteiger partial charge in [-0.3, -0.25) is 4.79 Å². The van der Waals surface area contributed by atoms with Crippen LogP contribution in [0.25, 0.3) is 11.0 Å². The molecule has 4 rings (SSSR count). The fraction of sp³-hybridized carbons (Fsp3) is 0.333. The first kappa shape index (κ1) is 17.7. The molecule has 3 aromatic rings. The van der Waals surface area contributed by atoms with Gasteiger partial charge in [0.05, 0.1) is 23.9 Å². The number of methoxy groups -OCH3 is 1. The lowest BCUT2D eigenvalue weighted by molar-refractivity contribution is 0.0628. The van der Waals surface area contributed by atoms with E-state index in [4.69, 9.17) is 4.74 Å². The fourth-order valence-electron chi connectivity index (χ4n) is 3.77. The molecule has 0 saturated carbocycles. The van der Waals surface area contributed by atoms with E-state index in [-0.39, 0.29) is 24.3 Å². The predicted molar refractivity (Wildman–Crippen MR) is 105 cm³/mol. The first-order chi connectivity index (χ1) is 13.1. The van der Waals surface area contributed by atoms with Crippen molar-refractivity contribution in [2.45, 2.75) is 38.6 Å². The van der Waals surface area contributed by atoms with E-state index in [9.17, 15) is 9.90 Å². The van der Waals surface area contributed by atoms with Crippen LogP contribution in [0.15, 0.2) is 47.5 Å². The van der Waals surface area contributed by atoms with Crippen LogP contribution in [0.3, 0.4) is 0 Å². The fourth-order valence-corrected chi connectivity index (χ4v) is 3.77. The third kappa shape index (κ3) is 3.22. The predicted octanol–water partition coefficient (Wildman–Crippen LogP) is 2.63. The van der Waals surface area contributed by atoms with E-state index in [1.54, 1.807) is 24.1 Å². The number of aromatic nitrogens is 2. The Morgan fingerprint density at radius 3 is 2.67 bits per heavy atom. The smallest absolute Gasteiger partial charge is 0.196 e. The number of fused-ring (bicyclic) bond motifs is 2. The van der Waals surface area contributed by atoms with Crippen molar-refractivity contribution in [1.82, 2.24) is 9.55 Å². The molecule has 0 radical (unpaired) electrons. The Balaban J connectivity index is 1.70. The van der Waals surface area contributed by atoms with Crippen LogP contribution in [-0.2, 0) is 24.2 Å². The number of rotatable bonds is 5. The third-order valence-corrected chi connectivity index (χ3v) is 5.27. The summed E-state index contributed by atoms with van der Waals surface area (Å²) in [6, 6.07) is 10.6. The number of benzene rings is 1. The highest BCUT2D eigenvalue weighted by Crippen LogP contribution is 2.25. The Labute approximate surface area is 157 Å². The van der Waals surface area contributed by atoms with E-state index < -0.39 is 0 Å². The van der Waals surface area contributed by atoms with Crippen molar-refractivity contribution >= 4 is 16.7 Å². The number of hydrogen-bond acceptors (Lipinski definition) is 5. The van der Waals surface area contributed by atoms with Gasteiger partial charge < -0.3 is 19.7 Å². The van der Waals surface area contributed by atoms with Gasteiger partial charge in [0.1, 0.15) is 11.9 Å². The summed E-state index contributed by atoms with van der Waals surface area (Å²) in [4.78, 5) is 17.2. The van der Waals surface area contributed by atoms with Crippen molar-refractivity contribution in [1.29, 1.82) is 0 Å². The van der Waals surface area contributed by atoms with Gasteiger partial charge in [-0.25, -0.2) is 4.98 Å². The molecule has 1 aliphatic carbocycles. The molecule has 6 heteroatoms. The van der Waals surface area contributed by atoms with E-state index in [1.807, 2.05) is 13.0 Å². The van der Waals surface area contributed by atoms with Gasteiger partial charge in [0.2, 0.25) is 0 Å². The normalized spacial score (nSPS) is 15.1. The lowest BCUT2D eigenvalue weighted by atomic mass is 10.1. The van der Waals surface area contributed by atoms with Crippen LogP contribution in [0, 0.1) is 0 Å². The van der Waals surface area contributed by atoms with Crippen molar-refractivity contribution in [3.63, 3.8) is 0 Å². The molecule has 0 saturated heterocycles. The number of anilines is 1. The number of pyridine rings is 2. The first-order valence-corrected chi connectivity index (χ1v) is 9.11. The Kier molecular flexibility index (Phi) is 4.68. The van der Waals surface area contributed by atoms with Gasteiger partial charge in [0.25, 0.3) is 0 Å². The number of nitrogens with one attached hydrogen (secondary N) is 1. The molecule has 1 unspecified atom stereocenters. The summed E-state index contributed by atoms with van der Waals surface area (Å²) < 4.78 is 7.16. The topological polar surface area (TPSA) is 76.4 Å². The standard InChI is InChI=1S/C21H23N3O3/c1-13(27-2)24-11-16(12-25)20(26)19-9-18(10-22-21(19)24)23-17-7-14-5-3-4-6-15(14)8-17/h3-6,9-11,13,17,23,25H,7-8,12H2,1-2H3. The Morgan fingerprint density at radius 1 is 1.33 bits per heavy atom. The van der Waals surface area contributed by atoms with Crippen LogP contribution in [0.5, 0.6) is 0 Å². The third-order valence-electron chi connectivity index (χ3n) is 5.27. The first-order valence-electron chi connectivity index (χ1n) is 9.11. The molecule has 0 spiro atoms. The zero-order valence-electron chi connectivity index (χ0n) is 15.5. The van der Waals surface area contributed by atoms with Gasteiger partial charge in [-0.1, -0.05) is 24.3 Å². The minimum absolute atomic E-state index is 0.196. The van der Waals surface area contributed by atoms with Gasteiger partial charge >= 0.3 is 0 Å². The minimum Gasteiger partial charge on any atom is -0.391 e. The molecule has 0 bridgehead atoms. The quantitative estimate of drug-likeness (QED) is 0.727. The van der Waals surface area contributed by atoms with Crippen LogP contribution in [0.4, 0.5) is 5.69 Å².